The van der Waals surface area contributed by atoms with Gasteiger partial charge < -0.3 is 14.7 Å². The van der Waals surface area contributed by atoms with Gasteiger partial charge in [0, 0.05) is 26.2 Å². The first-order chi connectivity index (χ1) is 6.60. The predicted molar refractivity (Wildman–Crippen MR) is 51.1 cm³/mol. The van der Waals surface area contributed by atoms with Crippen LogP contribution in [0.5, 0.6) is 0 Å². The molecule has 2 saturated heterocycles. The largest absolute Gasteiger partial charge is 0.481 e. The Morgan fingerprint density at radius 3 is 2.86 bits per heavy atom. The van der Waals surface area contributed by atoms with E-state index < -0.39 is 11.4 Å². The molecule has 14 heavy (non-hydrogen) atoms. The minimum atomic E-state index is -0.670. The molecule has 0 aliphatic carbocycles. The van der Waals surface area contributed by atoms with Gasteiger partial charge in [-0.15, -0.1) is 0 Å². The maximum Gasteiger partial charge on any atom is 0.311 e. The van der Waals surface area contributed by atoms with E-state index in [1.54, 1.807) is 0 Å². The summed E-state index contributed by atoms with van der Waals surface area (Å²) in [6, 6.07) is 0. The van der Waals surface area contributed by atoms with E-state index in [1.807, 2.05) is 6.92 Å². The first-order valence-electron chi connectivity index (χ1n) is 5.14. The summed E-state index contributed by atoms with van der Waals surface area (Å²) in [5.41, 5.74) is -0.501. The lowest BCUT2D eigenvalue weighted by molar-refractivity contribution is -0.158. The summed E-state index contributed by atoms with van der Waals surface area (Å²) in [7, 11) is 0. The molecular formula is C10H17NO3. The van der Waals surface area contributed by atoms with Crippen LogP contribution in [0, 0.1) is 11.3 Å². The SMILES string of the molecule is CC1(C(=O)O)CN(CC2CCOC2)C1. The maximum absolute atomic E-state index is 10.8. The second kappa shape index (κ2) is 3.51. The van der Waals surface area contributed by atoms with Gasteiger partial charge >= 0.3 is 5.97 Å². The Bertz CT molecular complexity index is 230. The van der Waals surface area contributed by atoms with E-state index in [2.05, 4.69) is 4.90 Å². The van der Waals surface area contributed by atoms with E-state index in [4.69, 9.17) is 9.84 Å². The van der Waals surface area contributed by atoms with Crippen LogP contribution in [0.3, 0.4) is 0 Å². The Hall–Kier alpha value is -0.610. The summed E-state index contributed by atoms with van der Waals surface area (Å²) in [4.78, 5) is 13.1. The van der Waals surface area contributed by atoms with Crippen LogP contribution in [-0.2, 0) is 9.53 Å². The molecule has 80 valence electrons. The van der Waals surface area contributed by atoms with E-state index >= 15 is 0 Å². The molecule has 4 heteroatoms. The van der Waals surface area contributed by atoms with Crippen molar-refractivity contribution in [3.8, 4) is 0 Å². The van der Waals surface area contributed by atoms with Crippen LogP contribution in [0.4, 0.5) is 0 Å². The van der Waals surface area contributed by atoms with Crippen molar-refractivity contribution in [1.29, 1.82) is 0 Å². The monoisotopic (exact) mass is 199 g/mol. The summed E-state index contributed by atoms with van der Waals surface area (Å²) in [6.45, 7) is 5.92. The van der Waals surface area contributed by atoms with Crippen molar-refractivity contribution in [2.45, 2.75) is 13.3 Å². The summed E-state index contributed by atoms with van der Waals surface area (Å²) < 4.78 is 5.28. The number of likely N-dealkylation sites (tertiary alicyclic amines) is 1. The van der Waals surface area contributed by atoms with Crippen molar-refractivity contribution in [2.75, 3.05) is 32.8 Å². The van der Waals surface area contributed by atoms with Gasteiger partial charge in [-0.3, -0.25) is 4.79 Å². The van der Waals surface area contributed by atoms with Gasteiger partial charge in [0.2, 0.25) is 0 Å². The third-order valence-electron chi connectivity index (χ3n) is 3.20. The molecule has 0 saturated carbocycles. The van der Waals surface area contributed by atoms with Crippen molar-refractivity contribution in [1.82, 2.24) is 4.90 Å². The normalized spacial score (nSPS) is 31.4. The summed E-state index contributed by atoms with van der Waals surface area (Å²) in [6.07, 6.45) is 1.13. The topological polar surface area (TPSA) is 49.8 Å². The second-order valence-corrected chi connectivity index (χ2v) is 4.77. The van der Waals surface area contributed by atoms with Crippen molar-refractivity contribution >= 4 is 5.97 Å². The molecule has 1 N–H and O–H groups in total. The van der Waals surface area contributed by atoms with Crippen molar-refractivity contribution in [3.63, 3.8) is 0 Å². The number of nitrogens with zero attached hydrogens (tertiary/aromatic N) is 1. The van der Waals surface area contributed by atoms with E-state index in [0.717, 1.165) is 26.2 Å². The quantitative estimate of drug-likeness (QED) is 0.716. The fourth-order valence-electron chi connectivity index (χ4n) is 2.30. The zero-order valence-electron chi connectivity index (χ0n) is 8.53. The third kappa shape index (κ3) is 1.77. The standard InChI is InChI=1S/C10H17NO3/c1-10(9(12)13)6-11(7-10)4-8-2-3-14-5-8/h8H,2-7H2,1H3,(H,12,13). The zero-order chi connectivity index (χ0) is 10.2. The Morgan fingerprint density at radius 1 is 1.64 bits per heavy atom. The van der Waals surface area contributed by atoms with Gasteiger partial charge in [0.15, 0.2) is 0 Å². The first kappa shape index (κ1) is 9.93. The number of carboxylic acids is 1. The number of hydrogen-bond acceptors (Lipinski definition) is 3. The van der Waals surface area contributed by atoms with Crippen LogP contribution in [0.2, 0.25) is 0 Å². The average molecular weight is 199 g/mol. The highest BCUT2D eigenvalue weighted by atomic mass is 16.5. The molecular weight excluding hydrogens is 182 g/mol. The fourth-order valence-corrected chi connectivity index (χ4v) is 2.30. The Kier molecular flexibility index (Phi) is 2.49. The molecule has 2 aliphatic rings. The molecule has 1 atom stereocenters. The lowest BCUT2D eigenvalue weighted by atomic mass is 9.81. The summed E-state index contributed by atoms with van der Waals surface area (Å²) in [5.74, 6) is -0.0511. The predicted octanol–water partition coefficient (Wildman–Crippen LogP) is 0.429. The van der Waals surface area contributed by atoms with E-state index in [0.29, 0.717) is 19.0 Å². The van der Waals surface area contributed by atoms with Crippen LogP contribution in [0.25, 0.3) is 0 Å². The first-order valence-corrected chi connectivity index (χ1v) is 5.14. The Morgan fingerprint density at radius 2 is 2.36 bits per heavy atom. The molecule has 4 nitrogen and oxygen atoms in total. The van der Waals surface area contributed by atoms with E-state index in [1.165, 1.54) is 0 Å². The van der Waals surface area contributed by atoms with Gasteiger partial charge in [0.05, 0.1) is 12.0 Å². The van der Waals surface area contributed by atoms with E-state index in [-0.39, 0.29) is 0 Å². The smallest absolute Gasteiger partial charge is 0.311 e. The van der Waals surface area contributed by atoms with Crippen molar-refractivity contribution in [3.05, 3.63) is 0 Å². The molecule has 0 bridgehead atoms. The number of carboxylic acid groups (broad SMARTS) is 1. The van der Waals surface area contributed by atoms with Crippen LogP contribution in [0.1, 0.15) is 13.3 Å². The lowest BCUT2D eigenvalue weighted by Crippen LogP contribution is -2.59. The third-order valence-corrected chi connectivity index (χ3v) is 3.20. The molecule has 0 radical (unpaired) electrons. The van der Waals surface area contributed by atoms with Gasteiger partial charge in [-0.2, -0.15) is 0 Å². The summed E-state index contributed by atoms with van der Waals surface area (Å²) >= 11 is 0. The van der Waals surface area contributed by atoms with Crippen LogP contribution < -0.4 is 0 Å². The Balaban J connectivity index is 1.74. The van der Waals surface area contributed by atoms with Crippen molar-refractivity contribution < 1.29 is 14.6 Å². The fraction of sp³-hybridized carbons (Fsp3) is 0.900. The summed E-state index contributed by atoms with van der Waals surface area (Å²) in [5, 5.41) is 8.92. The van der Waals surface area contributed by atoms with Crippen molar-refractivity contribution in [2.24, 2.45) is 11.3 Å². The molecule has 0 aromatic heterocycles. The number of aliphatic carboxylic acids is 1. The van der Waals surface area contributed by atoms with Gasteiger partial charge in [-0.25, -0.2) is 0 Å². The van der Waals surface area contributed by atoms with Gasteiger partial charge in [0.1, 0.15) is 0 Å². The molecule has 2 heterocycles. The minimum absolute atomic E-state index is 0.501. The number of hydrogen-bond donors (Lipinski definition) is 1. The van der Waals surface area contributed by atoms with Crippen LogP contribution >= 0.6 is 0 Å². The molecule has 0 aromatic carbocycles. The highest BCUT2D eigenvalue weighted by Crippen LogP contribution is 2.31. The van der Waals surface area contributed by atoms with Gasteiger partial charge in [0.25, 0.3) is 0 Å². The molecule has 0 aromatic rings. The van der Waals surface area contributed by atoms with E-state index in [9.17, 15) is 4.79 Å². The minimum Gasteiger partial charge on any atom is -0.481 e. The average Bonchev–Trinajstić information content (AvgIpc) is 2.53. The van der Waals surface area contributed by atoms with Crippen LogP contribution in [-0.4, -0.2) is 48.8 Å². The maximum atomic E-state index is 10.8. The molecule has 2 aliphatic heterocycles. The van der Waals surface area contributed by atoms with Gasteiger partial charge in [-0.1, -0.05) is 0 Å². The number of rotatable bonds is 3. The number of carbonyl (C=O) groups is 1. The highest BCUT2D eigenvalue weighted by molar-refractivity contribution is 5.76. The Labute approximate surface area is 83.8 Å². The molecule has 1 unspecified atom stereocenters. The molecule has 0 amide bonds. The molecule has 0 spiro atoms. The second-order valence-electron chi connectivity index (χ2n) is 4.77. The highest BCUT2D eigenvalue weighted by Gasteiger charge is 2.45. The zero-order valence-corrected chi connectivity index (χ0v) is 8.53. The van der Waals surface area contributed by atoms with Gasteiger partial charge in [-0.05, 0) is 19.3 Å². The lowest BCUT2D eigenvalue weighted by Gasteiger charge is -2.45. The molecule has 2 rings (SSSR count). The van der Waals surface area contributed by atoms with Crippen LogP contribution in [0.15, 0.2) is 0 Å². The number of ether oxygens (including phenoxy) is 1. The molecule has 2 fully saturated rings.